The van der Waals surface area contributed by atoms with Crippen LogP contribution in [0, 0.1) is 11.8 Å². The molecule has 1 aliphatic carbocycles. The highest BCUT2D eigenvalue weighted by molar-refractivity contribution is 4.83. The fraction of sp³-hybridized carbons (Fsp3) is 1.00. The molecule has 3 atom stereocenters. The Labute approximate surface area is 115 Å². The van der Waals surface area contributed by atoms with Gasteiger partial charge in [-0.1, -0.05) is 52.9 Å². The maximum atomic E-state index is 3.79. The van der Waals surface area contributed by atoms with Gasteiger partial charge in [-0.2, -0.15) is 0 Å². The molecule has 1 nitrogen and oxygen atoms in total. The van der Waals surface area contributed by atoms with E-state index in [-0.39, 0.29) is 0 Å². The van der Waals surface area contributed by atoms with Crippen molar-refractivity contribution in [3.63, 3.8) is 0 Å². The van der Waals surface area contributed by atoms with Gasteiger partial charge in [0.05, 0.1) is 0 Å². The summed E-state index contributed by atoms with van der Waals surface area (Å²) in [5.74, 6) is 1.92. The molecule has 0 aromatic rings. The summed E-state index contributed by atoms with van der Waals surface area (Å²) in [6.45, 7) is 8.23. The van der Waals surface area contributed by atoms with Gasteiger partial charge in [0.1, 0.15) is 0 Å². The molecular formula is C17H35N. The third-order valence-electron chi connectivity index (χ3n) is 4.58. The van der Waals surface area contributed by atoms with Crippen LogP contribution in [-0.4, -0.2) is 12.6 Å². The monoisotopic (exact) mass is 253 g/mol. The van der Waals surface area contributed by atoms with E-state index >= 15 is 0 Å². The molecule has 0 heterocycles. The van der Waals surface area contributed by atoms with Crippen LogP contribution in [0.25, 0.3) is 0 Å². The largest absolute Gasteiger partial charge is 0.314 e. The zero-order chi connectivity index (χ0) is 13.2. The molecule has 1 saturated carbocycles. The molecule has 108 valence electrons. The molecular weight excluding hydrogens is 218 g/mol. The minimum atomic E-state index is 0.826. The number of hydrogen-bond donors (Lipinski definition) is 1. The molecule has 1 rings (SSSR count). The van der Waals surface area contributed by atoms with Gasteiger partial charge < -0.3 is 5.32 Å². The van der Waals surface area contributed by atoms with Gasteiger partial charge in [-0.25, -0.2) is 0 Å². The van der Waals surface area contributed by atoms with Gasteiger partial charge in [-0.05, 0) is 50.5 Å². The van der Waals surface area contributed by atoms with Gasteiger partial charge >= 0.3 is 0 Å². The summed E-state index contributed by atoms with van der Waals surface area (Å²) in [6, 6.07) is 0.826. The van der Waals surface area contributed by atoms with Crippen molar-refractivity contribution in [1.29, 1.82) is 0 Å². The van der Waals surface area contributed by atoms with E-state index in [2.05, 4.69) is 26.1 Å². The molecule has 1 N–H and O–H groups in total. The maximum absolute atomic E-state index is 3.79. The van der Waals surface area contributed by atoms with Gasteiger partial charge in [0, 0.05) is 6.04 Å². The van der Waals surface area contributed by atoms with Gasteiger partial charge in [-0.15, -0.1) is 0 Å². The topological polar surface area (TPSA) is 12.0 Å². The second-order valence-corrected chi connectivity index (χ2v) is 6.44. The Balaban J connectivity index is 2.23. The second kappa shape index (κ2) is 9.83. The molecule has 0 radical (unpaired) electrons. The van der Waals surface area contributed by atoms with Crippen molar-refractivity contribution < 1.29 is 0 Å². The summed E-state index contributed by atoms with van der Waals surface area (Å²) in [5.41, 5.74) is 0. The SMILES string of the molecule is CCCCCCCC1CC(C)CCC1NCCC. The van der Waals surface area contributed by atoms with E-state index in [1.807, 2.05) is 0 Å². The van der Waals surface area contributed by atoms with Gasteiger partial charge in [0.2, 0.25) is 0 Å². The van der Waals surface area contributed by atoms with Crippen molar-refractivity contribution in [3.8, 4) is 0 Å². The van der Waals surface area contributed by atoms with Crippen molar-refractivity contribution in [2.24, 2.45) is 11.8 Å². The lowest BCUT2D eigenvalue weighted by Crippen LogP contribution is -2.40. The zero-order valence-electron chi connectivity index (χ0n) is 13.0. The van der Waals surface area contributed by atoms with Crippen molar-refractivity contribution in [3.05, 3.63) is 0 Å². The predicted octanol–water partition coefficient (Wildman–Crippen LogP) is 5.15. The maximum Gasteiger partial charge on any atom is 0.00955 e. The summed E-state index contributed by atoms with van der Waals surface area (Å²) in [7, 11) is 0. The van der Waals surface area contributed by atoms with E-state index in [4.69, 9.17) is 0 Å². The molecule has 0 saturated heterocycles. The highest BCUT2D eigenvalue weighted by atomic mass is 14.9. The fourth-order valence-corrected chi connectivity index (χ4v) is 3.43. The Bertz CT molecular complexity index is 188. The Kier molecular flexibility index (Phi) is 8.75. The van der Waals surface area contributed by atoms with Crippen molar-refractivity contribution in [2.45, 2.75) is 91.0 Å². The van der Waals surface area contributed by atoms with Crippen molar-refractivity contribution in [2.75, 3.05) is 6.54 Å². The number of unbranched alkanes of at least 4 members (excludes halogenated alkanes) is 4. The molecule has 0 bridgehead atoms. The lowest BCUT2D eigenvalue weighted by molar-refractivity contribution is 0.199. The lowest BCUT2D eigenvalue weighted by Gasteiger charge is -2.35. The Hall–Kier alpha value is -0.0400. The molecule has 0 amide bonds. The second-order valence-electron chi connectivity index (χ2n) is 6.44. The van der Waals surface area contributed by atoms with Crippen LogP contribution < -0.4 is 5.32 Å². The average molecular weight is 253 g/mol. The highest BCUT2D eigenvalue weighted by Gasteiger charge is 2.27. The first-order valence-electron chi connectivity index (χ1n) is 8.51. The molecule has 0 aliphatic heterocycles. The van der Waals surface area contributed by atoms with Crippen LogP contribution in [0.3, 0.4) is 0 Å². The Morgan fingerprint density at radius 3 is 2.44 bits per heavy atom. The Morgan fingerprint density at radius 1 is 0.944 bits per heavy atom. The van der Waals surface area contributed by atoms with Crippen LogP contribution >= 0.6 is 0 Å². The lowest BCUT2D eigenvalue weighted by atomic mass is 9.76. The van der Waals surface area contributed by atoms with E-state index < -0.39 is 0 Å². The standard InChI is InChI=1S/C17H35N/c1-4-6-7-8-9-10-16-14-15(3)11-12-17(16)18-13-5-2/h15-18H,4-14H2,1-3H3. The molecule has 18 heavy (non-hydrogen) atoms. The van der Waals surface area contributed by atoms with Crippen LogP contribution in [0.4, 0.5) is 0 Å². The predicted molar refractivity (Wildman–Crippen MR) is 82.0 cm³/mol. The van der Waals surface area contributed by atoms with Gasteiger partial charge in [-0.3, -0.25) is 0 Å². The first kappa shape index (κ1) is 16.0. The minimum Gasteiger partial charge on any atom is -0.314 e. The van der Waals surface area contributed by atoms with Crippen LogP contribution in [0.5, 0.6) is 0 Å². The summed E-state index contributed by atoms with van der Waals surface area (Å²) in [5, 5.41) is 3.79. The zero-order valence-corrected chi connectivity index (χ0v) is 13.0. The van der Waals surface area contributed by atoms with Gasteiger partial charge in [0.25, 0.3) is 0 Å². The van der Waals surface area contributed by atoms with E-state index in [1.165, 1.54) is 70.8 Å². The van der Waals surface area contributed by atoms with Crippen LogP contribution in [0.1, 0.15) is 85.0 Å². The minimum absolute atomic E-state index is 0.826. The van der Waals surface area contributed by atoms with Crippen molar-refractivity contribution >= 4 is 0 Å². The van der Waals surface area contributed by atoms with Crippen molar-refractivity contribution in [1.82, 2.24) is 5.32 Å². The molecule has 0 spiro atoms. The molecule has 0 aromatic carbocycles. The quantitative estimate of drug-likeness (QED) is 0.560. The molecule has 0 aromatic heterocycles. The van der Waals surface area contributed by atoms with Gasteiger partial charge in [0.15, 0.2) is 0 Å². The third kappa shape index (κ3) is 6.22. The molecule has 1 aliphatic rings. The number of hydrogen-bond acceptors (Lipinski definition) is 1. The number of nitrogens with one attached hydrogen (secondary N) is 1. The Morgan fingerprint density at radius 2 is 1.72 bits per heavy atom. The molecule has 3 unspecified atom stereocenters. The molecule has 1 heteroatoms. The third-order valence-corrected chi connectivity index (χ3v) is 4.58. The normalized spacial score (nSPS) is 28.5. The van der Waals surface area contributed by atoms with Crippen LogP contribution in [0.2, 0.25) is 0 Å². The average Bonchev–Trinajstić information content (AvgIpc) is 2.37. The van der Waals surface area contributed by atoms with E-state index in [9.17, 15) is 0 Å². The summed E-state index contributed by atoms with van der Waals surface area (Å²) in [4.78, 5) is 0. The first-order chi connectivity index (χ1) is 8.77. The summed E-state index contributed by atoms with van der Waals surface area (Å²) >= 11 is 0. The summed E-state index contributed by atoms with van der Waals surface area (Å²) < 4.78 is 0. The smallest absolute Gasteiger partial charge is 0.00955 e. The first-order valence-corrected chi connectivity index (χ1v) is 8.51. The van der Waals surface area contributed by atoms with E-state index in [1.54, 1.807) is 0 Å². The van der Waals surface area contributed by atoms with E-state index in [0.29, 0.717) is 0 Å². The van der Waals surface area contributed by atoms with Crippen LogP contribution in [-0.2, 0) is 0 Å². The highest BCUT2D eigenvalue weighted by Crippen LogP contribution is 2.32. The number of rotatable bonds is 9. The van der Waals surface area contributed by atoms with Crippen LogP contribution in [0.15, 0.2) is 0 Å². The van der Waals surface area contributed by atoms with E-state index in [0.717, 1.165) is 17.9 Å². The fourth-order valence-electron chi connectivity index (χ4n) is 3.43. The summed E-state index contributed by atoms with van der Waals surface area (Å²) in [6.07, 6.45) is 14.2. The molecule has 1 fully saturated rings.